The highest BCUT2D eigenvalue weighted by Crippen LogP contribution is 2.22. The van der Waals surface area contributed by atoms with Gasteiger partial charge < -0.3 is 4.74 Å². The normalized spacial score (nSPS) is 20.9. The highest BCUT2D eigenvalue weighted by atomic mass is 19.1. The van der Waals surface area contributed by atoms with Crippen LogP contribution in [0.2, 0.25) is 0 Å². The number of hydrogen-bond donors (Lipinski definition) is 0. The highest BCUT2D eigenvalue weighted by Gasteiger charge is 2.32. The van der Waals surface area contributed by atoms with Gasteiger partial charge in [-0.05, 0) is 12.2 Å². The zero-order valence-electron chi connectivity index (χ0n) is 7.40. The Morgan fingerprint density at radius 1 is 1.71 bits per heavy atom. The molecule has 0 spiro atoms. The zero-order valence-corrected chi connectivity index (χ0v) is 7.40. The van der Waals surface area contributed by atoms with E-state index in [4.69, 9.17) is 0 Å². The first kappa shape index (κ1) is 10.4. The lowest BCUT2D eigenvalue weighted by atomic mass is 10.0. The van der Waals surface area contributed by atoms with Gasteiger partial charge in [-0.1, -0.05) is 0 Å². The van der Waals surface area contributed by atoms with E-state index in [0.29, 0.717) is 0 Å². The molecule has 0 heterocycles. The Morgan fingerprint density at radius 3 is 2.86 bits per heavy atom. The standard InChI is InChI=1S/C8H8FNO4/c1-14-8(11)5-2-3-6(9)7(4-5)10(12)13/h2-3,7H,4H2,1H3. The topological polar surface area (TPSA) is 69.4 Å². The Balaban J connectivity index is 2.86. The molecule has 76 valence electrons. The second-order valence-corrected chi connectivity index (χ2v) is 2.74. The number of carbonyl (C=O) groups is 1. The second kappa shape index (κ2) is 3.99. The average Bonchev–Trinajstić information content (AvgIpc) is 2.17. The maximum absolute atomic E-state index is 12.9. The van der Waals surface area contributed by atoms with Crippen LogP contribution in [-0.2, 0) is 9.53 Å². The molecule has 1 aliphatic rings. The molecule has 0 saturated carbocycles. The SMILES string of the molecule is COC(=O)C1=CC=C(F)C([N+](=O)[O-])C1. The number of allylic oxidation sites excluding steroid dienone is 2. The van der Waals surface area contributed by atoms with Crippen molar-refractivity contribution in [3.8, 4) is 0 Å². The van der Waals surface area contributed by atoms with Gasteiger partial charge in [0.05, 0.1) is 13.5 Å². The number of methoxy groups -OCH3 is 1. The number of rotatable bonds is 2. The number of esters is 1. The van der Waals surface area contributed by atoms with Crippen LogP contribution in [-0.4, -0.2) is 24.0 Å². The van der Waals surface area contributed by atoms with Gasteiger partial charge in [0, 0.05) is 10.5 Å². The first-order valence-corrected chi connectivity index (χ1v) is 3.84. The van der Waals surface area contributed by atoms with Gasteiger partial charge in [-0.25, -0.2) is 9.18 Å². The number of nitro groups is 1. The molecule has 1 atom stereocenters. The predicted molar refractivity (Wildman–Crippen MR) is 44.7 cm³/mol. The summed E-state index contributed by atoms with van der Waals surface area (Å²) in [6.07, 6.45) is 1.85. The molecule has 0 amide bonds. The fourth-order valence-electron chi connectivity index (χ4n) is 1.12. The van der Waals surface area contributed by atoms with Crippen molar-refractivity contribution in [2.75, 3.05) is 7.11 Å². The molecule has 0 bridgehead atoms. The lowest BCUT2D eigenvalue weighted by Crippen LogP contribution is -2.25. The average molecular weight is 201 g/mol. The van der Waals surface area contributed by atoms with E-state index < -0.39 is 22.8 Å². The summed E-state index contributed by atoms with van der Waals surface area (Å²) in [6, 6.07) is -1.46. The van der Waals surface area contributed by atoms with Crippen LogP contribution in [0.25, 0.3) is 0 Å². The van der Waals surface area contributed by atoms with E-state index in [9.17, 15) is 19.3 Å². The van der Waals surface area contributed by atoms with E-state index >= 15 is 0 Å². The molecule has 1 unspecified atom stereocenters. The van der Waals surface area contributed by atoms with Crippen molar-refractivity contribution < 1.29 is 18.8 Å². The number of hydrogen-bond acceptors (Lipinski definition) is 4. The summed E-state index contributed by atoms with van der Waals surface area (Å²) in [7, 11) is 1.17. The van der Waals surface area contributed by atoms with Gasteiger partial charge in [-0.15, -0.1) is 0 Å². The summed E-state index contributed by atoms with van der Waals surface area (Å²) in [5, 5.41) is 10.4. The molecule has 14 heavy (non-hydrogen) atoms. The van der Waals surface area contributed by atoms with E-state index in [1.165, 1.54) is 13.2 Å². The van der Waals surface area contributed by atoms with E-state index in [0.717, 1.165) is 6.08 Å². The lowest BCUT2D eigenvalue weighted by molar-refractivity contribution is -0.514. The van der Waals surface area contributed by atoms with Crippen LogP contribution in [0.4, 0.5) is 4.39 Å². The third-order valence-electron chi connectivity index (χ3n) is 1.88. The summed E-state index contributed by atoms with van der Waals surface area (Å²) >= 11 is 0. The predicted octanol–water partition coefficient (Wildman–Crippen LogP) is 0.988. The third-order valence-corrected chi connectivity index (χ3v) is 1.88. The summed E-state index contributed by atoms with van der Waals surface area (Å²) < 4.78 is 17.2. The minimum atomic E-state index is -1.46. The van der Waals surface area contributed by atoms with Crippen molar-refractivity contribution in [1.29, 1.82) is 0 Å². The summed E-state index contributed by atoms with van der Waals surface area (Å²) in [4.78, 5) is 20.6. The maximum Gasteiger partial charge on any atom is 0.334 e. The minimum Gasteiger partial charge on any atom is -0.466 e. The molecule has 0 aromatic rings. The quantitative estimate of drug-likeness (QED) is 0.379. The molecule has 1 aliphatic carbocycles. The van der Waals surface area contributed by atoms with Crippen molar-refractivity contribution >= 4 is 5.97 Å². The molecule has 5 nitrogen and oxygen atoms in total. The molecular weight excluding hydrogens is 193 g/mol. The first-order valence-electron chi connectivity index (χ1n) is 3.84. The van der Waals surface area contributed by atoms with Crippen molar-refractivity contribution in [3.63, 3.8) is 0 Å². The zero-order chi connectivity index (χ0) is 10.7. The van der Waals surface area contributed by atoms with Crippen LogP contribution in [0.1, 0.15) is 6.42 Å². The first-order chi connectivity index (χ1) is 6.56. The monoisotopic (exact) mass is 201 g/mol. The van der Waals surface area contributed by atoms with Crippen molar-refractivity contribution in [2.45, 2.75) is 12.5 Å². The summed E-state index contributed by atoms with van der Waals surface area (Å²) in [6.45, 7) is 0. The fraction of sp³-hybridized carbons (Fsp3) is 0.375. The molecule has 0 N–H and O–H groups in total. The van der Waals surface area contributed by atoms with Crippen molar-refractivity contribution in [3.05, 3.63) is 33.7 Å². The van der Waals surface area contributed by atoms with Crippen LogP contribution in [0.3, 0.4) is 0 Å². The van der Waals surface area contributed by atoms with E-state index in [1.54, 1.807) is 0 Å². The smallest absolute Gasteiger partial charge is 0.334 e. The Morgan fingerprint density at radius 2 is 2.36 bits per heavy atom. The van der Waals surface area contributed by atoms with Crippen LogP contribution >= 0.6 is 0 Å². The van der Waals surface area contributed by atoms with Gasteiger partial charge in [-0.3, -0.25) is 10.1 Å². The molecule has 1 rings (SSSR count). The molecule has 0 saturated heterocycles. The molecule has 0 aromatic carbocycles. The maximum atomic E-state index is 12.9. The van der Waals surface area contributed by atoms with E-state index in [1.807, 2.05) is 0 Å². The van der Waals surface area contributed by atoms with Crippen LogP contribution < -0.4 is 0 Å². The highest BCUT2D eigenvalue weighted by molar-refractivity contribution is 5.89. The largest absolute Gasteiger partial charge is 0.466 e. The second-order valence-electron chi connectivity index (χ2n) is 2.74. The van der Waals surface area contributed by atoms with Crippen molar-refractivity contribution in [1.82, 2.24) is 0 Å². The third kappa shape index (κ3) is 1.95. The molecule has 0 radical (unpaired) electrons. The Hall–Kier alpha value is -1.72. The van der Waals surface area contributed by atoms with Crippen LogP contribution in [0.15, 0.2) is 23.6 Å². The fourth-order valence-corrected chi connectivity index (χ4v) is 1.12. The molecule has 0 fully saturated rings. The van der Waals surface area contributed by atoms with Gasteiger partial charge in [0.2, 0.25) is 0 Å². The molecule has 6 heteroatoms. The van der Waals surface area contributed by atoms with Crippen molar-refractivity contribution in [2.24, 2.45) is 0 Å². The Bertz CT molecular complexity index is 334. The van der Waals surface area contributed by atoms with Gasteiger partial charge in [0.25, 0.3) is 6.04 Å². The Labute approximate surface area is 79.0 Å². The van der Waals surface area contributed by atoms with Crippen LogP contribution in [0, 0.1) is 10.1 Å². The molecular formula is C8H8FNO4. The van der Waals surface area contributed by atoms with Gasteiger partial charge >= 0.3 is 5.97 Å². The van der Waals surface area contributed by atoms with E-state index in [2.05, 4.69) is 4.74 Å². The van der Waals surface area contributed by atoms with E-state index in [-0.39, 0.29) is 12.0 Å². The van der Waals surface area contributed by atoms with Gasteiger partial charge in [0.1, 0.15) is 0 Å². The molecule has 0 aromatic heterocycles. The lowest BCUT2D eigenvalue weighted by Gasteiger charge is -2.12. The number of nitrogens with zero attached hydrogens (tertiary/aromatic N) is 1. The summed E-state index contributed by atoms with van der Waals surface area (Å²) in [5.74, 6) is -1.51. The number of carbonyl (C=O) groups excluding carboxylic acids is 1. The minimum absolute atomic E-state index is 0.107. The Kier molecular flexibility index (Phi) is 2.95. The van der Waals surface area contributed by atoms with Gasteiger partial charge in [0.15, 0.2) is 5.83 Å². The summed E-state index contributed by atoms with van der Waals surface area (Å²) in [5.41, 5.74) is 0.107. The van der Waals surface area contributed by atoms with Crippen LogP contribution in [0.5, 0.6) is 0 Å². The number of ether oxygens (including phenoxy) is 1. The molecule has 0 aliphatic heterocycles. The van der Waals surface area contributed by atoms with Gasteiger partial charge in [-0.2, -0.15) is 0 Å². The number of halogens is 1.